The van der Waals surface area contributed by atoms with Crippen molar-refractivity contribution in [1.82, 2.24) is 4.90 Å². The first-order valence-electron chi connectivity index (χ1n) is 7.27. The topological polar surface area (TPSA) is 98.9 Å². The van der Waals surface area contributed by atoms with Crippen molar-refractivity contribution in [2.75, 3.05) is 19.3 Å². The molecule has 130 valence electrons. The third-order valence-electron chi connectivity index (χ3n) is 2.79. The van der Waals surface area contributed by atoms with E-state index in [1.165, 1.54) is 4.90 Å². The summed E-state index contributed by atoms with van der Waals surface area (Å²) in [6.07, 6.45) is -0.282. The van der Waals surface area contributed by atoms with Gasteiger partial charge in [-0.25, -0.2) is 4.79 Å². The van der Waals surface area contributed by atoms with E-state index >= 15 is 0 Å². The smallest absolute Gasteiger partial charge is 0.410 e. The molecule has 0 aromatic heterocycles. The molecule has 0 aliphatic rings. The summed E-state index contributed by atoms with van der Waals surface area (Å²) in [7, 11) is -3.59. The van der Waals surface area contributed by atoms with Crippen LogP contribution >= 0.6 is 0 Å². The van der Waals surface area contributed by atoms with Gasteiger partial charge in [0.2, 0.25) is 0 Å². The van der Waals surface area contributed by atoms with Crippen molar-refractivity contribution in [3.8, 4) is 0 Å². The van der Waals surface area contributed by atoms with E-state index < -0.39 is 22.3 Å². The maximum Gasteiger partial charge on any atom is 0.410 e. The lowest BCUT2D eigenvalue weighted by Gasteiger charge is -2.26. The van der Waals surface area contributed by atoms with Crippen LogP contribution in [-0.4, -0.2) is 50.9 Å². The molecule has 1 amide bonds. The molecule has 2 N–H and O–H groups in total. The summed E-state index contributed by atoms with van der Waals surface area (Å²) in [6, 6.07) is 9.00. The highest BCUT2D eigenvalue weighted by molar-refractivity contribution is 7.86. The van der Waals surface area contributed by atoms with E-state index in [-0.39, 0.29) is 25.7 Å². The summed E-state index contributed by atoms with van der Waals surface area (Å²) in [5.74, 6) is 0. The molecule has 23 heavy (non-hydrogen) atoms. The summed E-state index contributed by atoms with van der Waals surface area (Å²) < 4.78 is 32.4. The van der Waals surface area contributed by atoms with Gasteiger partial charge in [0.1, 0.15) is 6.61 Å². The zero-order valence-electron chi connectivity index (χ0n) is 13.6. The first kappa shape index (κ1) is 19.4. The molecule has 0 aliphatic carbocycles. The molecular weight excluding hydrogens is 320 g/mol. The predicted octanol–water partition coefficient (Wildman–Crippen LogP) is 1.34. The number of hydrogen-bond acceptors (Lipinski definition) is 6. The Hall–Kier alpha value is -1.64. The Morgan fingerprint density at radius 2 is 1.83 bits per heavy atom. The standard InChI is InChI=1S/C15H24N2O5S/c1-12(16)9-17(10-13(2)22-23(3,19)20)15(18)21-11-14-7-5-4-6-8-14/h4-8,12-13H,9-11,16H2,1-3H3/t12-,13?/m0/s1. The average molecular weight is 344 g/mol. The van der Waals surface area contributed by atoms with Gasteiger partial charge < -0.3 is 15.4 Å². The van der Waals surface area contributed by atoms with E-state index in [9.17, 15) is 13.2 Å². The van der Waals surface area contributed by atoms with Gasteiger partial charge in [-0.05, 0) is 19.4 Å². The van der Waals surface area contributed by atoms with E-state index in [2.05, 4.69) is 0 Å². The number of rotatable bonds is 8. The van der Waals surface area contributed by atoms with Crippen molar-refractivity contribution in [3.05, 3.63) is 35.9 Å². The highest BCUT2D eigenvalue weighted by Gasteiger charge is 2.21. The Labute approximate surface area is 137 Å². The SMILES string of the molecule is CC(CN(C[C@H](C)N)C(=O)OCc1ccccc1)OS(C)(=O)=O. The minimum atomic E-state index is -3.59. The van der Waals surface area contributed by atoms with Crippen molar-refractivity contribution in [1.29, 1.82) is 0 Å². The average Bonchev–Trinajstić information content (AvgIpc) is 2.42. The van der Waals surface area contributed by atoms with E-state index in [4.69, 9.17) is 14.7 Å². The fourth-order valence-electron chi connectivity index (χ4n) is 2.02. The molecule has 1 rings (SSSR count). The lowest BCUT2D eigenvalue weighted by atomic mass is 10.2. The van der Waals surface area contributed by atoms with Crippen molar-refractivity contribution in [3.63, 3.8) is 0 Å². The largest absolute Gasteiger partial charge is 0.445 e. The van der Waals surface area contributed by atoms with Crippen LogP contribution in [0.15, 0.2) is 30.3 Å². The van der Waals surface area contributed by atoms with Crippen LogP contribution in [0.5, 0.6) is 0 Å². The van der Waals surface area contributed by atoms with Gasteiger partial charge in [-0.2, -0.15) is 8.42 Å². The fourth-order valence-corrected chi connectivity index (χ4v) is 2.68. The van der Waals surface area contributed by atoms with Crippen LogP contribution in [0.2, 0.25) is 0 Å². The Morgan fingerprint density at radius 1 is 1.22 bits per heavy atom. The summed E-state index contributed by atoms with van der Waals surface area (Å²) in [5, 5.41) is 0. The van der Waals surface area contributed by atoms with Gasteiger partial charge in [0.15, 0.2) is 0 Å². The molecule has 7 nitrogen and oxygen atoms in total. The first-order chi connectivity index (χ1) is 10.7. The molecule has 0 spiro atoms. The molecule has 0 fully saturated rings. The van der Waals surface area contributed by atoms with Crippen LogP contribution in [0.25, 0.3) is 0 Å². The van der Waals surface area contributed by atoms with Crippen molar-refractivity contribution in [2.45, 2.75) is 32.6 Å². The minimum absolute atomic E-state index is 0.0717. The van der Waals surface area contributed by atoms with Crippen LogP contribution in [0.1, 0.15) is 19.4 Å². The van der Waals surface area contributed by atoms with Crippen LogP contribution < -0.4 is 5.73 Å². The van der Waals surface area contributed by atoms with Gasteiger partial charge in [0.05, 0.1) is 18.9 Å². The summed E-state index contributed by atoms with van der Waals surface area (Å²) in [4.78, 5) is 13.5. The van der Waals surface area contributed by atoms with Crippen molar-refractivity contribution in [2.24, 2.45) is 5.73 Å². The summed E-state index contributed by atoms with van der Waals surface area (Å²) in [5.41, 5.74) is 6.60. The second-order valence-electron chi connectivity index (χ2n) is 5.53. The molecule has 1 aromatic carbocycles. The van der Waals surface area contributed by atoms with E-state index in [0.29, 0.717) is 0 Å². The third kappa shape index (κ3) is 8.53. The number of carbonyl (C=O) groups is 1. The Kier molecular flexibility index (Phi) is 7.47. The zero-order chi connectivity index (χ0) is 17.5. The molecule has 0 aliphatic heterocycles. The Balaban J connectivity index is 2.63. The highest BCUT2D eigenvalue weighted by Crippen LogP contribution is 2.07. The van der Waals surface area contributed by atoms with Gasteiger partial charge in [0.25, 0.3) is 10.1 Å². The van der Waals surface area contributed by atoms with Gasteiger partial charge in [-0.1, -0.05) is 30.3 Å². The maximum absolute atomic E-state index is 12.2. The molecular formula is C15H24N2O5S. The normalized spacial score (nSPS) is 14.1. The quantitative estimate of drug-likeness (QED) is 0.715. The third-order valence-corrected chi connectivity index (χ3v) is 3.47. The fraction of sp³-hybridized carbons (Fsp3) is 0.533. The zero-order valence-corrected chi connectivity index (χ0v) is 14.5. The van der Waals surface area contributed by atoms with Gasteiger partial charge in [0, 0.05) is 12.6 Å². The molecule has 2 atom stereocenters. The second-order valence-corrected chi connectivity index (χ2v) is 7.13. The van der Waals surface area contributed by atoms with Gasteiger partial charge >= 0.3 is 6.09 Å². The van der Waals surface area contributed by atoms with Crippen molar-refractivity contribution >= 4 is 16.2 Å². The molecule has 0 radical (unpaired) electrons. The molecule has 1 aromatic rings. The maximum atomic E-state index is 12.2. The van der Waals surface area contributed by atoms with Gasteiger partial charge in [-0.3, -0.25) is 4.18 Å². The lowest BCUT2D eigenvalue weighted by Crippen LogP contribution is -2.44. The minimum Gasteiger partial charge on any atom is -0.445 e. The number of hydrogen-bond donors (Lipinski definition) is 1. The van der Waals surface area contributed by atoms with E-state index in [1.54, 1.807) is 13.8 Å². The lowest BCUT2D eigenvalue weighted by molar-refractivity contribution is 0.0781. The van der Waals surface area contributed by atoms with Crippen LogP contribution in [-0.2, 0) is 25.6 Å². The second kappa shape index (κ2) is 8.85. The highest BCUT2D eigenvalue weighted by atomic mass is 32.2. The summed E-state index contributed by atoms with van der Waals surface area (Å²) >= 11 is 0. The molecule has 0 bridgehead atoms. The Bertz CT molecular complexity index is 589. The number of ether oxygens (including phenoxy) is 1. The van der Waals surface area contributed by atoms with Crippen molar-refractivity contribution < 1.29 is 22.1 Å². The van der Waals surface area contributed by atoms with Crippen LogP contribution in [0, 0.1) is 0 Å². The number of nitrogens with zero attached hydrogens (tertiary/aromatic N) is 1. The summed E-state index contributed by atoms with van der Waals surface area (Å²) in [6.45, 7) is 3.77. The molecule has 0 heterocycles. The Morgan fingerprint density at radius 3 is 2.35 bits per heavy atom. The molecule has 8 heteroatoms. The monoisotopic (exact) mass is 344 g/mol. The van der Waals surface area contributed by atoms with Crippen LogP contribution in [0.3, 0.4) is 0 Å². The molecule has 0 saturated carbocycles. The predicted molar refractivity (Wildman–Crippen MR) is 87.2 cm³/mol. The molecule has 1 unspecified atom stereocenters. The molecule has 0 saturated heterocycles. The number of amides is 1. The van der Waals surface area contributed by atoms with E-state index in [0.717, 1.165) is 11.8 Å². The number of nitrogens with two attached hydrogens (primary N) is 1. The number of carbonyl (C=O) groups excluding carboxylic acids is 1. The number of benzene rings is 1. The van der Waals surface area contributed by atoms with Crippen LogP contribution in [0.4, 0.5) is 4.79 Å². The van der Waals surface area contributed by atoms with E-state index in [1.807, 2.05) is 30.3 Å². The first-order valence-corrected chi connectivity index (χ1v) is 9.08. The van der Waals surface area contributed by atoms with Gasteiger partial charge in [-0.15, -0.1) is 0 Å².